The van der Waals surface area contributed by atoms with E-state index in [-0.39, 0.29) is 5.91 Å². The van der Waals surface area contributed by atoms with Crippen LogP contribution in [0.15, 0.2) is 60.2 Å². The molecule has 22 heavy (non-hydrogen) atoms. The normalized spacial score (nSPS) is 17.9. The maximum absolute atomic E-state index is 12.5. The lowest BCUT2D eigenvalue weighted by atomic mass is 10.0. The fourth-order valence-electron chi connectivity index (χ4n) is 2.94. The van der Waals surface area contributed by atoms with Crippen molar-refractivity contribution in [1.29, 1.82) is 0 Å². The van der Waals surface area contributed by atoms with Gasteiger partial charge in [-0.05, 0) is 29.9 Å². The second-order valence-electron chi connectivity index (χ2n) is 5.49. The zero-order valence-corrected chi connectivity index (χ0v) is 12.2. The molecule has 0 bridgehead atoms. The van der Waals surface area contributed by atoms with Crippen LogP contribution in [0.4, 0.5) is 5.69 Å². The molecule has 0 unspecified atom stereocenters. The van der Waals surface area contributed by atoms with Crippen molar-refractivity contribution in [3.8, 4) is 5.75 Å². The van der Waals surface area contributed by atoms with Crippen LogP contribution < -0.4 is 9.64 Å². The number of hydrogen-bond donors (Lipinski definition) is 0. The molecule has 1 amide bonds. The molecule has 0 N–H and O–H groups in total. The smallest absolute Gasteiger partial charge is 0.258 e. The highest BCUT2D eigenvalue weighted by molar-refractivity contribution is 6.32. The summed E-state index contributed by atoms with van der Waals surface area (Å²) in [6, 6.07) is 15.8. The molecule has 2 heterocycles. The van der Waals surface area contributed by atoms with E-state index in [0.717, 1.165) is 33.7 Å². The van der Waals surface area contributed by atoms with Crippen LogP contribution in [0.25, 0.3) is 11.6 Å². The number of benzene rings is 2. The number of para-hydroxylation sites is 2. The van der Waals surface area contributed by atoms with Gasteiger partial charge in [-0.2, -0.15) is 0 Å². The zero-order chi connectivity index (χ0) is 15.1. The topological polar surface area (TPSA) is 29.5 Å². The highest BCUT2D eigenvalue weighted by atomic mass is 16.5. The van der Waals surface area contributed by atoms with Crippen LogP contribution in [0.3, 0.4) is 0 Å². The van der Waals surface area contributed by atoms with Crippen molar-refractivity contribution < 1.29 is 9.53 Å². The summed E-state index contributed by atoms with van der Waals surface area (Å²) in [5.74, 6) is 0.917. The van der Waals surface area contributed by atoms with Crippen molar-refractivity contribution in [3.05, 3.63) is 71.3 Å². The molecule has 0 spiro atoms. The molecule has 0 saturated carbocycles. The third kappa shape index (κ3) is 1.94. The molecule has 0 radical (unpaired) electrons. The number of amides is 1. The molecule has 2 aliphatic rings. The Bertz CT molecular complexity index is 833. The number of anilines is 1. The van der Waals surface area contributed by atoms with E-state index in [9.17, 15) is 4.79 Å². The zero-order valence-electron chi connectivity index (χ0n) is 12.2. The number of hydrogen-bond acceptors (Lipinski definition) is 2. The molecular weight excluding hydrogens is 274 g/mol. The van der Waals surface area contributed by atoms with Gasteiger partial charge in [0.25, 0.3) is 5.91 Å². The van der Waals surface area contributed by atoms with Crippen LogP contribution in [-0.4, -0.2) is 19.6 Å². The Morgan fingerprint density at radius 1 is 1.09 bits per heavy atom. The SMILES string of the molecule is CN1C(=O)/C(=C/C2=Cc3ccccc3OC2)c2ccccc21. The second-order valence-corrected chi connectivity index (χ2v) is 5.49. The number of nitrogens with zero attached hydrogens (tertiary/aromatic N) is 1. The fraction of sp³-hybridized carbons (Fsp3) is 0.105. The Labute approximate surface area is 129 Å². The van der Waals surface area contributed by atoms with Gasteiger partial charge < -0.3 is 9.64 Å². The molecule has 2 aromatic carbocycles. The number of carbonyl (C=O) groups excluding carboxylic acids is 1. The molecule has 3 heteroatoms. The average Bonchev–Trinajstić information content (AvgIpc) is 2.80. The van der Waals surface area contributed by atoms with Crippen molar-refractivity contribution >= 4 is 23.2 Å². The van der Waals surface area contributed by atoms with Crippen LogP contribution in [-0.2, 0) is 4.79 Å². The fourth-order valence-corrected chi connectivity index (χ4v) is 2.94. The van der Waals surface area contributed by atoms with E-state index in [0.29, 0.717) is 6.61 Å². The Balaban J connectivity index is 1.78. The summed E-state index contributed by atoms with van der Waals surface area (Å²) >= 11 is 0. The molecule has 0 atom stereocenters. The Hall–Kier alpha value is -2.81. The number of likely N-dealkylation sites (N-methyl/N-ethyl adjacent to an activating group) is 1. The van der Waals surface area contributed by atoms with Gasteiger partial charge in [0.1, 0.15) is 12.4 Å². The number of carbonyl (C=O) groups is 1. The van der Waals surface area contributed by atoms with E-state index in [1.165, 1.54) is 0 Å². The molecule has 0 fully saturated rings. The monoisotopic (exact) mass is 289 g/mol. The Morgan fingerprint density at radius 2 is 1.86 bits per heavy atom. The Kier molecular flexibility index (Phi) is 2.86. The molecule has 0 aliphatic carbocycles. The van der Waals surface area contributed by atoms with Gasteiger partial charge in [-0.15, -0.1) is 0 Å². The van der Waals surface area contributed by atoms with Gasteiger partial charge in [0, 0.05) is 23.7 Å². The first-order valence-corrected chi connectivity index (χ1v) is 7.25. The molecule has 0 aromatic heterocycles. The highest BCUT2D eigenvalue weighted by Crippen LogP contribution is 2.37. The predicted molar refractivity (Wildman–Crippen MR) is 87.7 cm³/mol. The van der Waals surface area contributed by atoms with Crippen LogP contribution in [0.2, 0.25) is 0 Å². The summed E-state index contributed by atoms with van der Waals surface area (Å²) in [4.78, 5) is 14.2. The summed E-state index contributed by atoms with van der Waals surface area (Å²) in [6.07, 6.45) is 4.03. The van der Waals surface area contributed by atoms with Crippen molar-refractivity contribution in [2.24, 2.45) is 0 Å². The molecule has 0 saturated heterocycles. The maximum atomic E-state index is 12.5. The van der Waals surface area contributed by atoms with Crippen LogP contribution in [0.5, 0.6) is 5.75 Å². The molecule has 3 nitrogen and oxygen atoms in total. The van der Waals surface area contributed by atoms with E-state index >= 15 is 0 Å². The van der Waals surface area contributed by atoms with Gasteiger partial charge in [-0.3, -0.25) is 4.79 Å². The lowest BCUT2D eigenvalue weighted by molar-refractivity contribution is -0.112. The van der Waals surface area contributed by atoms with E-state index in [1.807, 2.05) is 61.7 Å². The molecular formula is C19H15NO2. The number of fused-ring (bicyclic) bond motifs is 2. The minimum atomic E-state index is 0.0287. The summed E-state index contributed by atoms with van der Waals surface area (Å²) < 4.78 is 5.76. The van der Waals surface area contributed by atoms with Crippen LogP contribution in [0.1, 0.15) is 11.1 Å². The summed E-state index contributed by atoms with van der Waals surface area (Å²) in [5.41, 5.74) is 4.72. The lowest BCUT2D eigenvalue weighted by Gasteiger charge is -2.16. The predicted octanol–water partition coefficient (Wildman–Crippen LogP) is 3.52. The van der Waals surface area contributed by atoms with Gasteiger partial charge >= 0.3 is 0 Å². The summed E-state index contributed by atoms with van der Waals surface area (Å²) in [5, 5.41) is 0. The molecule has 2 aromatic rings. The first-order chi connectivity index (χ1) is 10.7. The van der Waals surface area contributed by atoms with Gasteiger partial charge in [-0.1, -0.05) is 36.4 Å². The van der Waals surface area contributed by atoms with Crippen molar-refractivity contribution in [3.63, 3.8) is 0 Å². The first-order valence-electron chi connectivity index (χ1n) is 7.25. The van der Waals surface area contributed by atoms with E-state index in [1.54, 1.807) is 4.90 Å². The first kappa shape index (κ1) is 12.9. The molecule has 2 aliphatic heterocycles. The van der Waals surface area contributed by atoms with E-state index in [4.69, 9.17) is 4.74 Å². The Morgan fingerprint density at radius 3 is 2.77 bits per heavy atom. The summed E-state index contributed by atoms with van der Waals surface area (Å²) in [7, 11) is 1.81. The van der Waals surface area contributed by atoms with Gasteiger partial charge in [0.2, 0.25) is 0 Å². The average molecular weight is 289 g/mol. The van der Waals surface area contributed by atoms with Crippen LogP contribution in [0, 0.1) is 0 Å². The largest absolute Gasteiger partial charge is 0.488 e. The third-order valence-corrected chi connectivity index (χ3v) is 4.07. The van der Waals surface area contributed by atoms with Gasteiger partial charge in [-0.25, -0.2) is 0 Å². The maximum Gasteiger partial charge on any atom is 0.258 e. The quantitative estimate of drug-likeness (QED) is 0.752. The standard InChI is InChI=1S/C19H15NO2/c1-20-17-8-4-3-7-15(17)16(19(20)21)11-13-10-14-6-2-5-9-18(14)22-12-13/h2-11H,12H2,1H3/b16-11+. The second kappa shape index (κ2) is 4.88. The van der Waals surface area contributed by atoms with Crippen molar-refractivity contribution in [2.75, 3.05) is 18.6 Å². The number of ether oxygens (including phenoxy) is 1. The van der Waals surface area contributed by atoms with E-state index in [2.05, 4.69) is 6.08 Å². The molecule has 108 valence electrons. The van der Waals surface area contributed by atoms with E-state index < -0.39 is 0 Å². The minimum Gasteiger partial charge on any atom is -0.488 e. The lowest BCUT2D eigenvalue weighted by Crippen LogP contribution is -2.20. The summed E-state index contributed by atoms with van der Waals surface area (Å²) in [6.45, 7) is 0.486. The third-order valence-electron chi connectivity index (χ3n) is 4.07. The highest BCUT2D eigenvalue weighted by Gasteiger charge is 2.29. The van der Waals surface area contributed by atoms with Crippen LogP contribution >= 0.6 is 0 Å². The van der Waals surface area contributed by atoms with Gasteiger partial charge in [0.05, 0.1) is 5.69 Å². The van der Waals surface area contributed by atoms with Crippen molar-refractivity contribution in [2.45, 2.75) is 0 Å². The van der Waals surface area contributed by atoms with Crippen molar-refractivity contribution in [1.82, 2.24) is 0 Å². The molecule has 4 rings (SSSR count). The van der Waals surface area contributed by atoms with Gasteiger partial charge in [0.15, 0.2) is 0 Å². The number of rotatable bonds is 1. The minimum absolute atomic E-state index is 0.0287.